The lowest BCUT2D eigenvalue weighted by molar-refractivity contribution is -0.383. The van der Waals surface area contributed by atoms with Crippen molar-refractivity contribution in [1.29, 1.82) is 0 Å². The lowest BCUT2D eigenvalue weighted by atomic mass is 10.1. The van der Waals surface area contributed by atoms with Crippen LogP contribution in [0, 0.1) is 10.1 Å². The lowest BCUT2D eigenvalue weighted by Crippen LogP contribution is -2.21. The van der Waals surface area contributed by atoms with Gasteiger partial charge in [0, 0.05) is 18.8 Å². The van der Waals surface area contributed by atoms with Crippen LogP contribution >= 0.6 is 0 Å². The topological polar surface area (TPSA) is 85.4 Å². The molecule has 19 heavy (non-hydrogen) atoms. The fourth-order valence-electron chi connectivity index (χ4n) is 1.74. The Morgan fingerprint density at radius 3 is 2.53 bits per heavy atom. The van der Waals surface area contributed by atoms with E-state index in [0.717, 1.165) is 0 Å². The van der Waals surface area contributed by atoms with Crippen LogP contribution in [0.5, 0.6) is 0 Å². The number of aromatic nitrogens is 1. The molecule has 6 heteroatoms. The highest BCUT2D eigenvalue weighted by Crippen LogP contribution is 2.22. The fraction of sp³-hybridized carbons (Fsp3) is 0.308. The third-order valence-corrected chi connectivity index (χ3v) is 2.53. The van der Waals surface area contributed by atoms with Gasteiger partial charge in [0.1, 0.15) is 0 Å². The Bertz CT molecular complexity index is 634. The Kier molecular flexibility index (Phi) is 5.20. The molecule has 0 spiro atoms. The molecule has 1 heterocycles. The number of aliphatic hydroxyl groups is 1. The van der Waals surface area contributed by atoms with Gasteiger partial charge in [0.15, 0.2) is 0 Å². The number of nitro groups is 1. The van der Waals surface area contributed by atoms with E-state index in [-0.39, 0.29) is 29.8 Å². The summed E-state index contributed by atoms with van der Waals surface area (Å²) in [6.07, 6.45) is 1.45. The maximum absolute atomic E-state index is 11.9. The molecular formula is C13H16N2O4. The highest BCUT2D eigenvalue weighted by atomic mass is 16.6. The number of hydrogen-bond acceptors (Lipinski definition) is 4. The molecule has 0 saturated carbocycles. The second-order valence-corrected chi connectivity index (χ2v) is 3.53. The molecule has 6 nitrogen and oxygen atoms in total. The van der Waals surface area contributed by atoms with E-state index in [2.05, 4.69) is 0 Å². The van der Waals surface area contributed by atoms with E-state index < -0.39 is 4.92 Å². The van der Waals surface area contributed by atoms with Gasteiger partial charge in [0.25, 0.3) is 11.2 Å². The van der Waals surface area contributed by atoms with E-state index in [1.165, 1.54) is 29.0 Å². The van der Waals surface area contributed by atoms with E-state index in [4.69, 9.17) is 5.11 Å². The summed E-state index contributed by atoms with van der Waals surface area (Å²) in [7, 11) is 0. The molecule has 0 aliphatic heterocycles. The Morgan fingerprint density at radius 1 is 1.26 bits per heavy atom. The van der Waals surface area contributed by atoms with Crippen LogP contribution in [0.15, 0.2) is 35.3 Å². The van der Waals surface area contributed by atoms with Crippen LogP contribution in [0.4, 0.5) is 5.69 Å². The van der Waals surface area contributed by atoms with Crippen molar-refractivity contribution in [3.8, 4) is 0 Å². The molecule has 1 N–H and O–H groups in total. The average Bonchev–Trinajstić information content (AvgIpc) is 2.44. The minimum absolute atomic E-state index is 0.0873. The van der Waals surface area contributed by atoms with Crippen molar-refractivity contribution in [2.75, 3.05) is 6.61 Å². The molecule has 0 amide bonds. The lowest BCUT2D eigenvalue weighted by Gasteiger charge is -2.05. The van der Waals surface area contributed by atoms with Crippen LogP contribution in [-0.4, -0.2) is 21.2 Å². The monoisotopic (exact) mass is 264 g/mol. The van der Waals surface area contributed by atoms with Crippen molar-refractivity contribution in [2.24, 2.45) is 0 Å². The van der Waals surface area contributed by atoms with Crippen molar-refractivity contribution in [2.45, 2.75) is 20.4 Å². The molecular weight excluding hydrogens is 248 g/mol. The summed E-state index contributed by atoms with van der Waals surface area (Å²) in [5.41, 5.74) is -0.420. The van der Waals surface area contributed by atoms with Gasteiger partial charge in [-0.3, -0.25) is 14.9 Å². The first kappa shape index (κ1) is 14.8. The molecule has 2 rings (SSSR count). The number of fused-ring (bicyclic) bond motifs is 1. The van der Waals surface area contributed by atoms with Gasteiger partial charge in [0.05, 0.1) is 22.3 Å². The van der Waals surface area contributed by atoms with Crippen molar-refractivity contribution in [3.05, 3.63) is 50.9 Å². The van der Waals surface area contributed by atoms with E-state index in [1.807, 2.05) is 13.8 Å². The fourth-order valence-corrected chi connectivity index (χ4v) is 1.74. The Morgan fingerprint density at radius 2 is 1.95 bits per heavy atom. The third kappa shape index (κ3) is 2.97. The van der Waals surface area contributed by atoms with E-state index in [0.29, 0.717) is 5.39 Å². The number of non-ortho nitro benzene ring substituents is 1. The summed E-state index contributed by atoms with van der Waals surface area (Å²) in [4.78, 5) is 22.2. The summed E-state index contributed by atoms with van der Waals surface area (Å²) in [6.45, 7) is 4.03. The van der Waals surface area contributed by atoms with Crippen LogP contribution in [0.2, 0.25) is 0 Å². The zero-order valence-electron chi connectivity index (χ0n) is 10.9. The maximum Gasteiger partial charge on any atom is 0.277 e. The van der Waals surface area contributed by atoms with Crippen LogP contribution in [0.3, 0.4) is 0 Å². The quantitative estimate of drug-likeness (QED) is 0.678. The molecule has 0 fully saturated rings. The minimum Gasteiger partial charge on any atom is -0.395 e. The standard InChI is InChI=1S/C11H10N2O4.C2H6/c14-7-6-12-5-4-8-9(11(12)15)2-1-3-10(8)13(16)17;1-2/h1-5,14H,6-7H2;1-2H3. The molecule has 0 radical (unpaired) electrons. The molecule has 0 bridgehead atoms. The van der Waals surface area contributed by atoms with Crippen molar-refractivity contribution in [3.63, 3.8) is 0 Å². The molecule has 2 aromatic rings. The zero-order valence-corrected chi connectivity index (χ0v) is 10.9. The van der Waals surface area contributed by atoms with Gasteiger partial charge >= 0.3 is 0 Å². The number of rotatable bonds is 3. The molecule has 0 atom stereocenters. The second-order valence-electron chi connectivity index (χ2n) is 3.53. The molecule has 0 aliphatic rings. The number of hydrogen-bond donors (Lipinski definition) is 1. The second kappa shape index (κ2) is 6.65. The van der Waals surface area contributed by atoms with Gasteiger partial charge < -0.3 is 9.67 Å². The van der Waals surface area contributed by atoms with Crippen molar-refractivity contribution in [1.82, 2.24) is 4.57 Å². The molecule has 0 unspecified atom stereocenters. The number of nitrogens with zero attached hydrogens (tertiary/aromatic N) is 2. The Balaban J connectivity index is 0.000000861. The molecule has 102 valence electrons. The van der Waals surface area contributed by atoms with Crippen molar-refractivity contribution < 1.29 is 10.0 Å². The van der Waals surface area contributed by atoms with Gasteiger partial charge in [-0.05, 0) is 12.1 Å². The summed E-state index contributed by atoms with van der Waals surface area (Å²) < 4.78 is 1.33. The van der Waals surface area contributed by atoms with E-state index in [9.17, 15) is 14.9 Å². The number of pyridine rings is 1. The van der Waals surface area contributed by atoms with Gasteiger partial charge in [-0.1, -0.05) is 19.9 Å². The number of aliphatic hydroxyl groups excluding tert-OH is 1. The molecule has 0 aliphatic carbocycles. The first-order valence-corrected chi connectivity index (χ1v) is 6.02. The first-order chi connectivity index (χ1) is 9.15. The number of benzene rings is 1. The van der Waals surface area contributed by atoms with Crippen LogP contribution in [0.25, 0.3) is 10.8 Å². The predicted molar refractivity (Wildman–Crippen MR) is 73.3 cm³/mol. The van der Waals surface area contributed by atoms with E-state index >= 15 is 0 Å². The zero-order chi connectivity index (χ0) is 14.4. The Hall–Kier alpha value is -2.21. The third-order valence-electron chi connectivity index (χ3n) is 2.53. The SMILES string of the molecule is CC.O=c1c2cccc([N+](=O)[O-])c2ccn1CCO. The molecule has 1 aromatic heterocycles. The minimum atomic E-state index is -0.516. The summed E-state index contributed by atoms with van der Waals surface area (Å²) in [6, 6.07) is 5.90. The first-order valence-electron chi connectivity index (χ1n) is 6.02. The van der Waals surface area contributed by atoms with Gasteiger partial charge in [0.2, 0.25) is 0 Å². The normalized spacial score (nSPS) is 9.84. The summed E-state index contributed by atoms with van der Waals surface area (Å²) in [5.74, 6) is 0. The average molecular weight is 264 g/mol. The number of nitro benzene ring substituents is 1. The molecule has 0 saturated heterocycles. The van der Waals surface area contributed by atoms with Gasteiger partial charge in [-0.2, -0.15) is 0 Å². The summed E-state index contributed by atoms with van der Waals surface area (Å²) in [5, 5.41) is 20.2. The maximum atomic E-state index is 11.9. The van der Waals surface area contributed by atoms with Crippen LogP contribution in [-0.2, 0) is 6.54 Å². The highest BCUT2D eigenvalue weighted by Gasteiger charge is 2.13. The van der Waals surface area contributed by atoms with Crippen molar-refractivity contribution >= 4 is 16.5 Å². The highest BCUT2D eigenvalue weighted by molar-refractivity contribution is 5.89. The smallest absolute Gasteiger partial charge is 0.277 e. The summed E-state index contributed by atoms with van der Waals surface area (Å²) >= 11 is 0. The molecule has 1 aromatic carbocycles. The largest absolute Gasteiger partial charge is 0.395 e. The van der Waals surface area contributed by atoms with E-state index in [1.54, 1.807) is 6.07 Å². The van der Waals surface area contributed by atoms with Crippen LogP contribution < -0.4 is 5.56 Å². The Labute approximate surface area is 110 Å². The predicted octanol–water partition coefficient (Wildman–Crippen LogP) is 1.93. The van der Waals surface area contributed by atoms with Crippen LogP contribution in [0.1, 0.15) is 13.8 Å². The van der Waals surface area contributed by atoms with Gasteiger partial charge in [-0.15, -0.1) is 0 Å². The van der Waals surface area contributed by atoms with Gasteiger partial charge in [-0.25, -0.2) is 0 Å².